The van der Waals surface area contributed by atoms with Crippen LogP contribution in [0.5, 0.6) is 11.8 Å². The van der Waals surface area contributed by atoms with Crippen LogP contribution >= 0.6 is 11.6 Å². The summed E-state index contributed by atoms with van der Waals surface area (Å²) in [6, 6.07) is 3.59. The van der Waals surface area contributed by atoms with Crippen molar-refractivity contribution < 1.29 is 14.0 Å². The van der Waals surface area contributed by atoms with E-state index in [1.54, 1.807) is 23.0 Å². The van der Waals surface area contributed by atoms with Crippen molar-refractivity contribution in [3.8, 4) is 28.8 Å². The number of methoxy groups -OCH3 is 2. The van der Waals surface area contributed by atoms with Gasteiger partial charge in [0.25, 0.3) is 5.95 Å². The Balaban J connectivity index is 1.75. The molecule has 1 N–H and O–H groups in total. The molecular weight excluding hydrogens is 494 g/mol. The van der Waals surface area contributed by atoms with Crippen molar-refractivity contribution in [2.75, 3.05) is 18.9 Å². The topological polar surface area (TPSA) is 149 Å². The highest BCUT2D eigenvalue weighted by molar-refractivity contribution is 7.93. The van der Waals surface area contributed by atoms with Crippen molar-refractivity contribution in [3.05, 3.63) is 54.1 Å². The number of hydrogen-bond donors (Lipinski definition) is 1. The Bertz CT molecular complexity index is 1250. The molecule has 4 heterocycles. The monoisotopic (exact) mass is 515 g/mol. The van der Waals surface area contributed by atoms with E-state index in [4.69, 9.17) is 21.1 Å². The van der Waals surface area contributed by atoms with Gasteiger partial charge in [0.1, 0.15) is 17.4 Å². The van der Waals surface area contributed by atoms with Crippen molar-refractivity contribution in [1.82, 2.24) is 39.7 Å². The van der Waals surface area contributed by atoms with Crippen molar-refractivity contribution in [2.24, 2.45) is 0 Å². The smallest absolute Gasteiger partial charge is 0.271 e. The summed E-state index contributed by atoms with van der Waals surface area (Å²) in [7, 11) is 2.95. The van der Waals surface area contributed by atoms with E-state index in [9.17, 15) is 4.55 Å². The lowest BCUT2D eigenvalue weighted by Gasteiger charge is -2.22. The van der Waals surface area contributed by atoms with Crippen LogP contribution < -0.4 is 14.2 Å². The van der Waals surface area contributed by atoms with E-state index in [0.717, 1.165) is 0 Å². The van der Waals surface area contributed by atoms with Crippen molar-refractivity contribution in [1.29, 1.82) is 0 Å². The van der Waals surface area contributed by atoms with Gasteiger partial charge in [-0.1, -0.05) is 18.5 Å². The molecule has 0 aliphatic carbocycles. The Morgan fingerprint density at radius 3 is 2.31 bits per heavy atom. The molecule has 0 fully saturated rings. The van der Waals surface area contributed by atoms with Crippen LogP contribution in [0.2, 0.25) is 5.02 Å². The van der Waals surface area contributed by atoms with Gasteiger partial charge in [0.15, 0.2) is 11.5 Å². The molecule has 4 rings (SSSR count). The fraction of sp³-hybridized carbons (Fsp3) is 0.286. The highest BCUT2D eigenvalue weighted by atomic mass is 35.5. The molecule has 0 amide bonds. The van der Waals surface area contributed by atoms with Crippen molar-refractivity contribution in [3.63, 3.8) is 0 Å². The maximum atomic E-state index is 13.4. The molecule has 0 aliphatic rings. The van der Waals surface area contributed by atoms with Gasteiger partial charge in [0, 0.05) is 30.4 Å². The van der Waals surface area contributed by atoms with Crippen LogP contribution in [0.4, 0.5) is 5.95 Å². The molecule has 14 heteroatoms. The Morgan fingerprint density at radius 1 is 1.03 bits per heavy atom. The molecule has 0 aliphatic heterocycles. The lowest BCUT2D eigenvalue weighted by Crippen LogP contribution is -2.31. The quantitative estimate of drug-likeness (QED) is 0.328. The lowest BCUT2D eigenvalue weighted by atomic mass is 10.1. The summed E-state index contributed by atoms with van der Waals surface area (Å²) < 4.78 is 28.8. The molecule has 4 aromatic heterocycles. The minimum atomic E-state index is -1.62. The van der Waals surface area contributed by atoms with Crippen LogP contribution in [-0.2, 0) is 11.4 Å². The van der Waals surface area contributed by atoms with E-state index in [-0.39, 0.29) is 23.6 Å². The van der Waals surface area contributed by atoms with Gasteiger partial charge in [-0.25, -0.2) is 14.5 Å². The summed E-state index contributed by atoms with van der Waals surface area (Å²) in [6.07, 6.45) is 7.61. The second-order valence-electron chi connectivity index (χ2n) is 7.32. The molecule has 0 saturated heterocycles. The van der Waals surface area contributed by atoms with Crippen LogP contribution in [-0.4, -0.2) is 63.7 Å². The van der Waals surface area contributed by atoms with Gasteiger partial charge in [-0.3, -0.25) is 4.98 Å². The SMILES string of the molecule is COc1ncnc(OC)c1-n1c(N[S+]([O-])C(C)C(C)c2ncc(Cl)cn2)nnc1-c1cccnc1. The Morgan fingerprint density at radius 2 is 1.71 bits per heavy atom. The number of halogens is 1. The van der Waals surface area contributed by atoms with Gasteiger partial charge >= 0.3 is 0 Å². The summed E-state index contributed by atoms with van der Waals surface area (Å²) >= 11 is 4.27. The van der Waals surface area contributed by atoms with Gasteiger partial charge in [-0.15, -0.1) is 10.2 Å². The van der Waals surface area contributed by atoms with Crippen molar-refractivity contribution >= 4 is 28.9 Å². The second kappa shape index (κ2) is 10.8. The normalized spacial score (nSPS) is 13.7. The summed E-state index contributed by atoms with van der Waals surface area (Å²) in [6.45, 7) is 3.71. The summed E-state index contributed by atoms with van der Waals surface area (Å²) in [5, 5.41) is 8.58. The molecule has 0 spiro atoms. The van der Waals surface area contributed by atoms with E-state index in [1.807, 2.05) is 19.9 Å². The van der Waals surface area contributed by atoms with E-state index in [1.165, 1.54) is 32.9 Å². The molecule has 3 unspecified atom stereocenters. The van der Waals surface area contributed by atoms with Crippen LogP contribution in [0, 0.1) is 0 Å². The molecule has 0 saturated carbocycles. The minimum Gasteiger partial charge on any atom is -0.593 e. The highest BCUT2D eigenvalue weighted by Crippen LogP contribution is 2.35. The zero-order valence-electron chi connectivity index (χ0n) is 19.3. The number of nitrogens with zero attached hydrogens (tertiary/aromatic N) is 8. The fourth-order valence-corrected chi connectivity index (χ4v) is 4.31. The van der Waals surface area contributed by atoms with Gasteiger partial charge in [-0.05, 0) is 19.1 Å². The van der Waals surface area contributed by atoms with Crippen LogP contribution in [0.3, 0.4) is 0 Å². The number of ether oxygens (including phenoxy) is 2. The third kappa shape index (κ3) is 5.11. The molecule has 0 radical (unpaired) electrons. The van der Waals surface area contributed by atoms with Gasteiger partial charge in [0.05, 0.1) is 36.5 Å². The largest absolute Gasteiger partial charge is 0.593 e. The van der Waals surface area contributed by atoms with E-state index >= 15 is 0 Å². The van der Waals surface area contributed by atoms with Crippen LogP contribution in [0.1, 0.15) is 25.6 Å². The van der Waals surface area contributed by atoms with Crippen LogP contribution in [0.15, 0.2) is 43.2 Å². The average Bonchev–Trinajstić information content (AvgIpc) is 3.30. The van der Waals surface area contributed by atoms with Crippen molar-refractivity contribution in [2.45, 2.75) is 25.0 Å². The average molecular weight is 516 g/mol. The number of rotatable bonds is 9. The molecule has 35 heavy (non-hydrogen) atoms. The third-order valence-electron chi connectivity index (χ3n) is 5.23. The number of nitrogens with one attached hydrogen (secondary N) is 1. The molecule has 0 bridgehead atoms. The van der Waals surface area contributed by atoms with E-state index in [0.29, 0.717) is 27.9 Å². The zero-order valence-corrected chi connectivity index (χ0v) is 20.9. The summed E-state index contributed by atoms with van der Waals surface area (Å²) in [5.41, 5.74) is 0.991. The Hall–Kier alpha value is -3.55. The fourth-order valence-electron chi connectivity index (χ4n) is 3.22. The van der Waals surface area contributed by atoms with Crippen LogP contribution in [0.25, 0.3) is 17.1 Å². The first kappa shape index (κ1) is 24.6. The molecule has 12 nitrogen and oxygen atoms in total. The zero-order chi connectivity index (χ0) is 24.9. The Kier molecular flexibility index (Phi) is 7.58. The second-order valence-corrected chi connectivity index (χ2v) is 9.30. The number of pyridine rings is 1. The lowest BCUT2D eigenvalue weighted by molar-refractivity contribution is 0.368. The Labute approximate surface area is 209 Å². The summed E-state index contributed by atoms with van der Waals surface area (Å²) in [4.78, 5) is 21.0. The minimum absolute atomic E-state index is 0.171. The first-order valence-electron chi connectivity index (χ1n) is 10.4. The first-order chi connectivity index (χ1) is 16.9. The molecule has 182 valence electrons. The number of anilines is 1. The summed E-state index contributed by atoms with van der Waals surface area (Å²) in [5.74, 6) is 1.27. The molecule has 0 aromatic carbocycles. The molecular formula is C21H22ClN9O3S. The first-order valence-corrected chi connectivity index (χ1v) is 12.0. The predicted molar refractivity (Wildman–Crippen MR) is 130 cm³/mol. The molecule has 4 aromatic rings. The van der Waals surface area contributed by atoms with E-state index < -0.39 is 16.6 Å². The van der Waals surface area contributed by atoms with Gasteiger partial charge in [-0.2, -0.15) is 14.7 Å². The standard InChI is InChI=1S/C21H22ClN9O3S/c1-12(17-24-9-15(22)10-25-17)13(2)35(32)30-21-29-28-18(14-6-5-7-23-8-14)31(21)16-19(33-3)26-11-27-20(16)34-4/h5-13H,1-4H3,(H,29,30). The number of aromatic nitrogens is 8. The number of hydrogen-bond acceptors (Lipinski definition) is 11. The molecule has 3 atom stereocenters. The predicted octanol–water partition coefficient (Wildman–Crippen LogP) is 2.85. The van der Waals surface area contributed by atoms with Gasteiger partial charge < -0.3 is 14.0 Å². The maximum Gasteiger partial charge on any atom is 0.271 e. The maximum absolute atomic E-state index is 13.4. The van der Waals surface area contributed by atoms with E-state index in [2.05, 4.69) is 39.8 Å². The highest BCUT2D eigenvalue weighted by Gasteiger charge is 2.32. The third-order valence-corrected chi connectivity index (χ3v) is 6.89. The van der Waals surface area contributed by atoms with Gasteiger partial charge in [0.2, 0.25) is 11.8 Å².